The van der Waals surface area contributed by atoms with Crippen molar-refractivity contribution in [1.29, 1.82) is 0 Å². The number of carbonyl (C=O) groups excluding carboxylic acids is 1. The molecule has 1 heterocycles. The summed E-state index contributed by atoms with van der Waals surface area (Å²) in [7, 11) is 0. The van der Waals surface area contributed by atoms with Gasteiger partial charge in [0.1, 0.15) is 17.9 Å². The molecule has 0 fully saturated rings. The quantitative estimate of drug-likeness (QED) is 0.704. The summed E-state index contributed by atoms with van der Waals surface area (Å²) < 4.78 is 5.03. The van der Waals surface area contributed by atoms with Crippen LogP contribution in [-0.4, -0.2) is 22.6 Å². The zero-order valence-corrected chi connectivity index (χ0v) is 7.23. The molecule has 0 saturated carbocycles. The van der Waals surface area contributed by atoms with Crippen molar-refractivity contribution in [2.24, 2.45) is 0 Å². The Kier molecular flexibility index (Phi) is 1.98. The molecule has 72 valence electrons. The third-order valence-corrected chi connectivity index (χ3v) is 2.05. The third kappa shape index (κ3) is 1.16. The molecule has 2 rings (SSSR count). The Morgan fingerprint density at radius 3 is 2.86 bits per heavy atom. The van der Waals surface area contributed by atoms with Crippen LogP contribution in [-0.2, 0) is 0 Å². The highest BCUT2D eigenvalue weighted by Crippen LogP contribution is 2.29. The predicted molar refractivity (Wildman–Crippen MR) is 49.3 cm³/mol. The maximum absolute atomic E-state index is 11.2. The van der Waals surface area contributed by atoms with Gasteiger partial charge in [-0.3, -0.25) is 4.79 Å². The van der Waals surface area contributed by atoms with Crippen molar-refractivity contribution in [2.75, 3.05) is 6.61 Å². The van der Waals surface area contributed by atoms with E-state index in [2.05, 4.69) is 0 Å². The molecule has 0 aliphatic carbocycles. The Labute approximate surface area is 79.4 Å². The minimum absolute atomic E-state index is 0.112. The number of aliphatic hydroxyl groups excluding tert-OH is 1. The number of phenolic OH excluding ortho intramolecular Hbond substituents is 1. The zero-order chi connectivity index (χ0) is 10.1. The van der Waals surface area contributed by atoms with Gasteiger partial charge < -0.3 is 14.6 Å². The number of Topliss-reactive ketones (excluding diaryl/α,β-unsaturated/α-hetero) is 1. The number of aromatic hydroxyl groups is 1. The molecule has 0 amide bonds. The normalized spacial score (nSPS) is 10.6. The van der Waals surface area contributed by atoms with E-state index in [1.165, 1.54) is 12.3 Å². The van der Waals surface area contributed by atoms with E-state index < -0.39 is 12.4 Å². The number of aliphatic hydroxyl groups is 1. The molecule has 2 aromatic rings. The third-order valence-electron chi connectivity index (χ3n) is 2.05. The monoisotopic (exact) mass is 192 g/mol. The van der Waals surface area contributed by atoms with Crippen molar-refractivity contribution in [2.45, 2.75) is 0 Å². The van der Waals surface area contributed by atoms with E-state index in [1.54, 1.807) is 12.1 Å². The van der Waals surface area contributed by atoms with Gasteiger partial charge in [-0.25, -0.2) is 0 Å². The predicted octanol–water partition coefficient (Wildman–Crippen LogP) is 1.31. The van der Waals surface area contributed by atoms with E-state index in [0.717, 1.165) is 0 Å². The van der Waals surface area contributed by atoms with Crippen molar-refractivity contribution in [3.63, 3.8) is 0 Å². The van der Waals surface area contributed by atoms with Gasteiger partial charge in [-0.15, -0.1) is 0 Å². The SMILES string of the molecule is O=C(CO)c1ccc2occc2c1O. The lowest BCUT2D eigenvalue weighted by molar-refractivity contribution is 0.0901. The molecule has 1 aromatic carbocycles. The first-order valence-electron chi connectivity index (χ1n) is 4.07. The van der Waals surface area contributed by atoms with Gasteiger partial charge in [0.05, 0.1) is 17.2 Å². The zero-order valence-electron chi connectivity index (χ0n) is 7.23. The van der Waals surface area contributed by atoms with Crippen LogP contribution < -0.4 is 0 Å². The highest BCUT2D eigenvalue weighted by Gasteiger charge is 2.13. The molecule has 4 nitrogen and oxygen atoms in total. The molecule has 0 saturated heterocycles. The summed E-state index contributed by atoms with van der Waals surface area (Å²) in [5.41, 5.74) is 0.624. The second-order valence-corrected chi connectivity index (χ2v) is 2.88. The molecule has 14 heavy (non-hydrogen) atoms. The molecule has 0 aliphatic rings. The highest BCUT2D eigenvalue weighted by atomic mass is 16.3. The van der Waals surface area contributed by atoms with E-state index >= 15 is 0 Å². The smallest absolute Gasteiger partial charge is 0.191 e. The lowest BCUT2D eigenvalue weighted by atomic mass is 10.1. The van der Waals surface area contributed by atoms with Gasteiger partial charge in [-0.2, -0.15) is 0 Å². The van der Waals surface area contributed by atoms with Crippen LogP contribution >= 0.6 is 0 Å². The number of phenols is 1. The van der Waals surface area contributed by atoms with Crippen molar-refractivity contribution in [3.05, 3.63) is 30.0 Å². The molecule has 0 atom stereocenters. The van der Waals surface area contributed by atoms with E-state index in [1.807, 2.05) is 0 Å². The second-order valence-electron chi connectivity index (χ2n) is 2.88. The molecule has 0 aliphatic heterocycles. The van der Waals surface area contributed by atoms with Gasteiger partial charge in [0, 0.05) is 0 Å². The molecule has 0 spiro atoms. The van der Waals surface area contributed by atoms with Gasteiger partial charge in [-0.05, 0) is 18.2 Å². The van der Waals surface area contributed by atoms with Crippen LogP contribution in [0.15, 0.2) is 28.9 Å². The largest absolute Gasteiger partial charge is 0.506 e. The molecule has 1 aromatic heterocycles. The summed E-state index contributed by atoms with van der Waals surface area (Å²) in [6, 6.07) is 4.58. The number of hydrogen-bond acceptors (Lipinski definition) is 4. The number of hydrogen-bond donors (Lipinski definition) is 2. The summed E-state index contributed by atoms with van der Waals surface area (Å²) in [6.45, 7) is -0.614. The Balaban J connectivity index is 2.67. The van der Waals surface area contributed by atoms with E-state index in [9.17, 15) is 9.90 Å². The maximum Gasteiger partial charge on any atom is 0.191 e. The van der Waals surface area contributed by atoms with Crippen LogP contribution in [0.4, 0.5) is 0 Å². The first-order valence-corrected chi connectivity index (χ1v) is 4.07. The summed E-state index contributed by atoms with van der Waals surface area (Å²) in [4.78, 5) is 11.2. The standard InChI is InChI=1S/C10H8O4/c11-5-8(12)6-1-2-9-7(10(6)13)3-4-14-9/h1-4,11,13H,5H2. The Morgan fingerprint density at radius 2 is 2.14 bits per heavy atom. The lowest BCUT2D eigenvalue weighted by Crippen LogP contribution is -2.04. The number of rotatable bonds is 2. The van der Waals surface area contributed by atoms with Crippen LogP contribution in [0, 0.1) is 0 Å². The molecule has 0 bridgehead atoms. The van der Waals surface area contributed by atoms with Crippen LogP contribution in [0.3, 0.4) is 0 Å². The van der Waals surface area contributed by atoms with Gasteiger partial charge in [0.15, 0.2) is 5.78 Å². The molecular formula is C10H8O4. The molecule has 0 unspecified atom stereocenters. The number of benzene rings is 1. The van der Waals surface area contributed by atoms with E-state index in [-0.39, 0.29) is 11.3 Å². The number of furan rings is 1. The van der Waals surface area contributed by atoms with Crippen molar-refractivity contribution in [1.82, 2.24) is 0 Å². The highest BCUT2D eigenvalue weighted by molar-refractivity contribution is 6.04. The molecule has 2 N–H and O–H groups in total. The van der Waals surface area contributed by atoms with Crippen LogP contribution in [0.1, 0.15) is 10.4 Å². The fraction of sp³-hybridized carbons (Fsp3) is 0.100. The average Bonchev–Trinajstić information content (AvgIpc) is 2.66. The summed E-state index contributed by atoms with van der Waals surface area (Å²) in [5, 5.41) is 18.8. The van der Waals surface area contributed by atoms with Crippen molar-refractivity contribution >= 4 is 16.8 Å². The fourth-order valence-electron chi connectivity index (χ4n) is 1.34. The van der Waals surface area contributed by atoms with Crippen molar-refractivity contribution < 1.29 is 19.4 Å². The molecular weight excluding hydrogens is 184 g/mol. The fourth-order valence-corrected chi connectivity index (χ4v) is 1.34. The van der Waals surface area contributed by atoms with Crippen LogP contribution in [0.25, 0.3) is 11.0 Å². The van der Waals surface area contributed by atoms with Gasteiger partial charge in [0.2, 0.25) is 0 Å². The second kappa shape index (κ2) is 3.16. The number of carbonyl (C=O) groups is 1. The number of ketones is 1. The minimum Gasteiger partial charge on any atom is -0.506 e. The first kappa shape index (κ1) is 8.77. The molecule has 4 heteroatoms. The average molecular weight is 192 g/mol. The van der Waals surface area contributed by atoms with Gasteiger partial charge in [0.25, 0.3) is 0 Å². The molecule has 0 radical (unpaired) electrons. The lowest BCUT2D eigenvalue weighted by Gasteiger charge is -2.01. The Hall–Kier alpha value is -1.81. The minimum atomic E-state index is -0.614. The topological polar surface area (TPSA) is 70.7 Å². The van der Waals surface area contributed by atoms with Gasteiger partial charge in [-0.1, -0.05) is 0 Å². The van der Waals surface area contributed by atoms with E-state index in [4.69, 9.17) is 9.52 Å². The maximum atomic E-state index is 11.2. The van der Waals surface area contributed by atoms with Crippen molar-refractivity contribution in [3.8, 4) is 5.75 Å². The van der Waals surface area contributed by atoms with Crippen LogP contribution in [0.5, 0.6) is 5.75 Å². The van der Waals surface area contributed by atoms with E-state index in [0.29, 0.717) is 11.0 Å². The Bertz CT molecular complexity index is 484. The summed E-state index contributed by atoms with van der Waals surface area (Å²) in [5.74, 6) is -0.652. The van der Waals surface area contributed by atoms with Gasteiger partial charge >= 0.3 is 0 Å². The number of fused-ring (bicyclic) bond motifs is 1. The van der Waals surface area contributed by atoms with Crippen LogP contribution in [0.2, 0.25) is 0 Å². The Morgan fingerprint density at radius 1 is 1.36 bits per heavy atom. The summed E-state index contributed by atoms with van der Waals surface area (Å²) in [6.07, 6.45) is 1.43. The first-order chi connectivity index (χ1) is 6.74. The summed E-state index contributed by atoms with van der Waals surface area (Å²) >= 11 is 0.